The van der Waals surface area contributed by atoms with E-state index < -0.39 is 0 Å². The van der Waals surface area contributed by atoms with Crippen LogP contribution in [0.4, 0.5) is 0 Å². The molecule has 1 aromatic heterocycles. The summed E-state index contributed by atoms with van der Waals surface area (Å²) >= 11 is 0. The summed E-state index contributed by atoms with van der Waals surface area (Å²) in [6.45, 7) is 4.09. The summed E-state index contributed by atoms with van der Waals surface area (Å²) in [5, 5.41) is 8.91. The maximum absolute atomic E-state index is 8.91. The number of aliphatic hydroxyl groups is 1. The maximum Gasteiger partial charge on any atom is 0.0605 e. The van der Waals surface area contributed by atoms with E-state index in [1.165, 1.54) is 0 Å². The van der Waals surface area contributed by atoms with E-state index >= 15 is 0 Å². The van der Waals surface area contributed by atoms with Crippen LogP contribution in [-0.4, -0.2) is 34.7 Å². The molecule has 1 N–H and O–H groups in total. The first-order chi connectivity index (χ1) is 7.36. The Labute approximate surface area is 90.8 Å². The van der Waals surface area contributed by atoms with Crippen LogP contribution in [0.3, 0.4) is 0 Å². The highest BCUT2D eigenvalue weighted by atomic mass is 16.3. The highest BCUT2D eigenvalue weighted by Crippen LogP contribution is 2.01. The lowest BCUT2D eigenvalue weighted by atomic mass is 10.2. The number of pyridine rings is 1. The summed E-state index contributed by atoms with van der Waals surface area (Å²) < 4.78 is 0. The Morgan fingerprint density at radius 2 is 2.40 bits per heavy atom. The third-order valence-corrected chi connectivity index (χ3v) is 2.02. The van der Waals surface area contributed by atoms with Crippen molar-refractivity contribution in [2.45, 2.75) is 13.5 Å². The molecule has 0 aliphatic carbocycles. The molecule has 0 saturated carbocycles. The van der Waals surface area contributed by atoms with Gasteiger partial charge in [-0.3, -0.25) is 9.88 Å². The Bertz CT molecular complexity index is 326. The van der Waals surface area contributed by atoms with Gasteiger partial charge < -0.3 is 5.11 Å². The number of aromatic nitrogens is 1. The van der Waals surface area contributed by atoms with Gasteiger partial charge in [0.15, 0.2) is 0 Å². The first kappa shape index (κ1) is 11.7. The van der Waals surface area contributed by atoms with E-state index in [0.29, 0.717) is 13.1 Å². The average Bonchev–Trinajstić information content (AvgIpc) is 2.28. The zero-order valence-corrected chi connectivity index (χ0v) is 8.98. The van der Waals surface area contributed by atoms with Crippen LogP contribution in [-0.2, 0) is 6.54 Å². The van der Waals surface area contributed by atoms with Crippen molar-refractivity contribution >= 4 is 0 Å². The largest absolute Gasteiger partial charge is 0.395 e. The Balaban J connectivity index is 2.53. The molecule has 15 heavy (non-hydrogen) atoms. The molecule has 0 radical (unpaired) electrons. The molecule has 0 aliphatic rings. The molecule has 1 aromatic rings. The van der Waals surface area contributed by atoms with E-state index in [2.05, 4.69) is 21.7 Å². The van der Waals surface area contributed by atoms with E-state index in [-0.39, 0.29) is 6.61 Å². The summed E-state index contributed by atoms with van der Waals surface area (Å²) in [7, 11) is 0. The Hall–Kier alpha value is -1.37. The van der Waals surface area contributed by atoms with Gasteiger partial charge in [-0.1, -0.05) is 12.0 Å². The van der Waals surface area contributed by atoms with Crippen molar-refractivity contribution in [3.05, 3.63) is 30.1 Å². The van der Waals surface area contributed by atoms with Crippen molar-refractivity contribution in [1.82, 2.24) is 9.88 Å². The van der Waals surface area contributed by atoms with Gasteiger partial charge in [-0.15, -0.1) is 5.92 Å². The highest BCUT2D eigenvalue weighted by molar-refractivity contribution is 5.09. The summed E-state index contributed by atoms with van der Waals surface area (Å²) in [5.74, 6) is 5.85. The monoisotopic (exact) mass is 204 g/mol. The molecule has 0 bridgehead atoms. The van der Waals surface area contributed by atoms with Gasteiger partial charge in [0.2, 0.25) is 0 Å². The van der Waals surface area contributed by atoms with Gasteiger partial charge in [-0.05, 0) is 18.6 Å². The fourth-order valence-electron chi connectivity index (χ4n) is 1.30. The fraction of sp³-hybridized carbons (Fsp3) is 0.417. The summed E-state index contributed by atoms with van der Waals surface area (Å²) in [6, 6.07) is 3.94. The zero-order valence-electron chi connectivity index (χ0n) is 8.98. The van der Waals surface area contributed by atoms with Crippen molar-refractivity contribution in [1.29, 1.82) is 0 Å². The minimum absolute atomic E-state index is 0.158. The third kappa shape index (κ3) is 4.59. The number of rotatable bonds is 5. The van der Waals surface area contributed by atoms with E-state index in [4.69, 9.17) is 5.11 Å². The topological polar surface area (TPSA) is 36.4 Å². The number of hydrogen-bond acceptors (Lipinski definition) is 3. The third-order valence-electron chi connectivity index (χ3n) is 2.02. The van der Waals surface area contributed by atoms with Gasteiger partial charge in [0.05, 0.1) is 13.2 Å². The molecule has 0 amide bonds. The predicted octanol–water partition coefficient (Wildman–Crippen LogP) is 0.899. The van der Waals surface area contributed by atoms with E-state index in [1.807, 2.05) is 25.3 Å². The van der Waals surface area contributed by atoms with Crippen LogP contribution in [0.1, 0.15) is 12.5 Å². The molecule has 0 aromatic carbocycles. The van der Waals surface area contributed by atoms with Crippen molar-refractivity contribution < 1.29 is 5.11 Å². The van der Waals surface area contributed by atoms with E-state index in [0.717, 1.165) is 12.1 Å². The molecule has 1 rings (SSSR count). The van der Waals surface area contributed by atoms with Crippen LogP contribution in [0.25, 0.3) is 0 Å². The smallest absolute Gasteiger partial charge is 0.0605 e. The standard InChI is InChI=1S/C12H16N2O/c1-2-3-7-14(8-9-15)11-12-5-4-6-13-10-12/h4-6,10,15H,7-9,11H2,1H3. The number of nitrogens with zero attached hydrogens (tertiary/aromatic N) is 2. The quantitative estimate of drug-likeness (QED) is 0.724. The molecule has 3 heteroatoms. The van der Waals surface area contributed by atoms with Crippen LogP contribution >= 0.6 is 0 Å². The van der Waals surface area contributed by atoms with E-state index in [9.17, 15) is 0 Å². The fourth-order valence-corrected chi connectivity index (χ4v) is 1.30. The van der Waals surface area contributed by atoms with Crippen LogP contribution in [0.5, 0.6) is 0 Å². The molecular formula is C12H16N2O. The molecular weight excluding hydrogens is 188 g/mol. The normalized spacial score (nSPS) is 9.80. The molecule has 80 valence electrons. The van der Waals surface area contributed by atoms with Crippen molar-refractivity contribution in [3.63, 3.8) is 0 Å². The van der Waals surface area contributed by atoms with Gasteiger partial charge >= 0.3 is 0 Å². The van der Waals surface area contributed by atoms with Crippen LogP contribution in [0.15, 0.2) is 24.5 Å². The van der Waals surface area contributed by atoms with Gasteiger partial charge in [-0.2, -0.15) is 0 Å². The Kier molecular flexibility index (Phi) is 5.46. The van der Waals surface area contributed by atoms with E-state index in [1.54, 1.807) is 6.20 Å². The second-order valence-electron chi connectivity index (χ2n) is 3.22. The molecule has 0 unspecified atom stereocenters. The Morgan fingerprint density at radius 3 is 3.00 bits per heavy atom. The van der Waals surface area contributed by atoms with Gasteiger partial charge in [0.25, 0.3) is 0 Å². The summed E-state index contributed by atoms with van der Waals surface area (Å²) in [6.07, 6.45) is 3.59. The predicted molar refractivity (Wildman–Crippen MR) is 60.0 cm³/mol. The molecule has 0 aliphatic heterocycles. The Morgan fingerprint density at radius 1 is 1.53 bits per heavy atom. The van der Waals surface area contributed by atoms with Crippen LogP contribution in [0.2, 0.25) is 0 Å². The lowest BCUT2D eigenvalue weighted by Crippen LogP contribution is -2.26. The first-order valence-electron chi connectivity index (χ1n) is 4.98. The van der Waals surface area contributed by atoms with Crippen molar-refractivity contribution in [2.75, 3.05) is 19.7 Å². The van der Waals surface area contributed by atoms with Gasteiger partial charge in [0.1, 0.15) is 0 Å². The van der Waals surface area contributed by atoms with Crippen LogP contribution < -0.4 is 0 Å². The minimum atomic E-state index is 0.158. The second-order valence-corrected chi connectivity index (χ2v) is 3.22. The lowest BCUT2D eigenvalue weighted by molar-refractivity contribution is 0.205. The molecule has 0 spiro atoms. The second kappa shape index (κ2) is 6.99. The van der Waals surface area contributed by atoms with Crippen molar-refractivity contribution in [3.8, 4) is 11.8 Å². The number of hydrogen-bond donors (Lipinski definition) is 1. The van der Waals surface area contributed by atoms with Gasteiger partial charge in [-0.25, -0.2) is 0 Å². The van der Waals surface area contributed by atoms with Gasteiger partial charge in [0, 0.05) is 25.5 Å². The highest BCUT2D eigenvalue weighted by Gasteiger charge is 2.03. The minimum Gasteiger partial charge on any atom is -0.395 e. The molecule has 0 fully saturated rings. The number of aliphatic hydroxyl groups excluding tert-OH is 1. The van der Waals surface area contributed by atoms with Crippen molar-refractivity contribution in [2.24, 2.45) is 0 Å². The molecule has 0 saturated heterocycles. The lowest BCUT2D eigenvalue weighted by Gasteiger charge is -2.17. The zero-order chi connectivity index (χ0) is 10.9. The summed E-state index contributed by atoms with van der Waals surface area (Å²) in [4.78, 5) is 6.14. The van der Waals surface area contributed by atoms with Crippen LogP contribution in [0, 0.1) is 11.8 Å². The SMILES string of the molecule is CC#CCN(CCO)Cc1cccnc1. The summed E-state index contributed by atoms with van der Waals surface area (Å²) in [5.41, 5.74) is 1.14. The molecule has 1 heterocycles. The molecule has 3 nitrogen and oxygen atoms in total. The first-order valence-corrected chi connectivity index (χ1v) is 4.98. The maximum atomic E-state index is 8.91. The average molecular weight is 204 g/mol. The molecule has 0 atom stereocenters.